The van der Waals surface area contributed by atoms with Crippen molar-refractivity contribution in [3.63, 3.8) is 0 Å². The van der Waals surface area contributed by atoms with Crippen LogP contribution in [-0.2, 0) is 9.59 Å². The molecule has 0 unspecified atom stereocenters. The molecule has 3 rings (SSSR count). The Morgan fingerprint density at radius 1 is 1.15 bits per heavy atom. The molecular formula is C21H24N2O3. The predicted octanol–water partition coefficient (Wildman–Crippen LogP) is 3.69. The highest BCUT2D eigenvalue weighted by Gasteiger charge is 2.35. The number of aryl methyl sites for hydroxylation is 2. The summed E-state index contributed by atoms with van der Waals surface area (Å²) < 4.78 is 5.43. The van der Waals surface area contributed by atoms with Crippen LogP contribution in [0.3, 0.4) is 0 Å². The van der Waals surface area contributed by atoms with Gasteiger partial charge in [-0.1, -0.05) is 6.07 Å². The fraction of sp³-hybridized carbons (Fsp3) is 0.333. The van der Waals surface area contributed by atoms with Gasteiger partial charge in [-0.3, -0.25) is 9.59 Å². The molecule has 1 fully saturated rings. The van der Waals surface area contributed by atoms with Gasteiger partial charge in [0.2, 0.25) is 11.8 Å². The van der Waals surface area contributed by atoms with Crippen LogP contribution in [0.25, 0.3) is 0 Å². The molecular weight excluding hydrogens is 328 g/mol. The van der Waals surface area contributed by atoms with E-state index in [-0.39, 0.29) is 24.2 Å². The van der Waals surface area contributed by atoms with Crippen molar-refractivity contribution in [1.29, 1.82) is 0 Å². The average molecular weight is 352 g/mol. The van der Waals surface area contributed by atoms with Gasteiger partial charge < -0.3 is 15.0 Å². The van der Waals surface area contributed by atoms with E-state index in [0.717, 1.165) is 28.3 Å². The van der Waals surface area contributed by atoms with Crippen LogP contribution in [0.4, 0.5) is 11.4 Å². The van der Waals surface area contributed by atoms with Crippen LogP contribution in [0.1, 0.15) is 24.5 Å². The lowest BCUT2D eigenvalue weighted by Crippen LogP contribution is -2.28. The van der Waals surface area contributed by atoms with Crippen LogP contribution in [0.2, 0.25) is 0 Å². The second-order valence-electron chi connectivity index (χ2n) is 6.70. The lowest BCUT2D eigenvalue weighted by Gasteiger charge is -2.17. The van der Waals surface area contributed by atoms with E-state index in [1.54, 1.807) is 4.90 Å². The normalized spacial score (nSPS) is 16.7. The summed E-state index contributed by atoms with van der Waals surface area (Å²) in [5, 5.41) is 2.95. The number of hydrogen-bond donors (Lipinski definition) is 1. The Balaban J connectivity index is 1.67. The molecule has 0 aromatic heterocycles. The van der Waals surface area contributed by atoms with Gasteiger partial charge in [0, 0.05) is 24.3 Å². The third-order valence-electron chi connectivity index (χ3n) is 4.44. The maximum atomic E-state index is 12.6. The molecule has 26 heavy (non-hydrogen) atoms. The summed E-state index contributed by atoms with van der Waals surface area (Å²) in [7, 11) is 0. The molecule has 0 spiro atoms. The Kier molecular flexibility index (Phi) is 5.26. The molecule has 1 N–H and O–H groups in total. The molecule has 2 aromatic carbocycles. The molecule has 1 atom stereocenters. The molecule has 1 aliphatic heterocycles. The first kappa shape index (κ1) is 18.0. The number of anilines is 2. The largest absolute Gasteiger partial charge is 0.494 e. The minimum absolute atomic E-state index is 0.0327. The van der Waals surface area contributed by atoms with E-state index < -0.39 is 0 Å². The molecule has 5 heteroatoms. The van der Waals surface area contributed by atoms with Crippen LogP contribution in [0.15, 0.2) is 42.5 Å². The summed E-state index contributed by atoms with van der Waals surface area (Å²) in [6.45, 7) is 6.91. The highest BCUT2D eigenvalue weighted by atomic mass is 16.5. The number of carbonyl (C=O) groups is 2. The van der Waals surface area contributed by atoms with Gasteiger partial charge in [-0.25, -0.2) is 0 Å². The van der Waals surface area contributed by atoms with Crippen LogP contribution < -0.4 is 15.0 Å². The SMILES string of the molecule is CCOc1ccc(N2C[C@H](C(=O)Nc3cc(C)cc(C)c3)CC2=O)cc1. The lowest BCUT2D eigenvalue weighted by atomic mass is 10.1. The summed E-state index contributed by atoms with van der Waals surface area (Å²) in [5.74, 6) is 0.272. The number of carbonyl (C=O) groups excluding carboxylic acids is 2. The fourth-order valence-electron chi connectivity index (χ4n) is 3.31. The summed E-state index contributed by atoms with van der Waals surface area (Å²) in [5.41, 5.74) is 3.76. The maximum absolute atomic E-state index is 12.6. The molecule has 2 aromatic rings. The van der Waals surface area contributed by atoms with Gasteiger partial charge >= 0.3 is 0 Å². The van der Waals surface area contributed by atoms with Crippen LogP contribution in [0.5, 0.6) is 5.75 Å². The monoisotopic (exact) mass is 352 g/mol. The third-order valence-corrected chi connectivity index (χ3v) is 4.44. The highest BCUT2D eigenvalue weighted by Crippen LogP contribution is 2.28. The summed E-state index contributed by atoms with van der Waals surface area (Å²) in [4.78, 5) is 26.6. The minimum atomic E-state index is -0.352. The zero-order valence-electron chi connectivity index (χ0n) is 15.4. The minimum Gasteiger partial charge on any atom is -0.494 e. The van der Waals surface area contributed by atoms with Crippen LogP contribution in [0, 0.1) is 19.8 Å². The van der Waals surface area contributed by atoms with E-state index >= 15 is 0 Å². The smallest absolute Gasteiger partial charge is 0.229 e. The van der Waals surface area contributed by atoms with E-state index in [1.807, 2.05) is 57.2 Å². The number of ether oxygens (including phenoxy) is 1. The van der Waals surface area contributed by atoms with Gasteiger partial charge in [-0.05, 0) is 68.3 Å². The predicted molar refractivity (Wildman–Crippen MR) is 103 cm³/mol. The van der Waals surface area contributed by atoms with Gasteiger partial charge in [0.15, 0.2) is 0 Å². The molecule has 0 bridgehead atoms. The molecule has 136 valence electrons. The van der Waals surface area contributed by atoms with Gasteiger partial charge in [-0.15, -0.1) is 0 Å². The molecule has 0 saturated carbocycles. The zero-order valence-corrected chi connectivity index (χ0v) is 15.4. The Morgan fingerprint density at radius 3 is 2.42 bits per heavy atom. The molecule has 1 heterocycles. The van der Waals surface area contributed by atoms with Crippen molar-refractivity contribution in [2.24, 2.45) is 5.92 Å². The van der Waals surface area contributed by atoms with Crippen molar-refractivity contribution >= 4 is 23.2 Å². The van der Waals surface area contributed by atoms with Gasteiger partial charge in [0.25, 0.3) is 0 Å². The van der Waals surface area contributed by atoms with Crippen molar-refractivity contribution < 1.29 is 14.3 Å². The van der Waals surface area contributed by atoms with E-state index in [2.05, 4.69) is 11.4 Å². The number of hydrogen-bond acceptors (Lipinski definition) is 3. The summed E-state index contributed by atoms with van der Waals surface area (Å²) in [6, 6.07) is 13.3. The number of nitrogens with zero attached hydrogens (tertiary/aromatic N) is 1. The topological polar surface area (TPSA) is 58.6 Å². The van der Waals surface area contributed by atoms with Crippen LogP contribution in [-0.4, -0.2) is 25.0 Å². The van der Waals surface area contributed by atoms with Crippen molar-refractivity contribution in [2.75, 3.05) is 23.4 Å². The quantitative estimate of drug-likeness (QED) is 0.893. The molecule has 5 nitrogen and oxygen atoms in total. The third kappa shape index (κ3) is 4.04. The molecule has 1 aliphatic rings. The van der Waals surface area contributed by atoms with Gasteiger partial charge in [0.05, 0.1) is 12.5 Å². The van der Waals surface area contributed by atoms with E-state index in [0.29, 0.717) is 13.2 Å². The van der Waals surface area contributed by atoms with Gasteiger partial charge in [0.1, 0.15) is 5.75 Å². The number of rotatable bonds is 5. The lowest BCUT2D eigenvalue weighted by molar-refractivity contribution is -0.122. The Morgan fingerprint density at radius 2 is 1.81 bits per heavy atom. The van der Waals surface area contributed by atoms with E-state index in [1.165, 1.54) is 0 Å². The highest BCUT2D eigenvalue weighted by molar-refractivity contribution is 6.03. The molecule has 0 radical (unpaired) electrons. The zero-order chi connectivity index (χ0) is 18.7. The maximum Gasteiger partial charge on any atom is 0.229 e. The standard InChI is InChI=1S/C21H24N2O3/c1-4-26-19-7-5-18(6-8-19)23-13-16(12-20(23)24)21(25)22-17-10-14(2)9-15(3)11-17/h5-11,16H,4,12-13H2,1-3H3,(H,22,25)/t16-/m1/s1. The molecule has 1 saturated heterocycles. The second kappa shape index (κ2) is 7.60. The Labute approximate surface area is 154 Å². The first-order chi connectivity index (χ1) is 12.5. The fourth-order valence-corrected chi connectivity index (χ4v) is 3.31. The molecule has 0 aliphatic carbocycles. The number of amides is 2. The van der Waals surface area contributed by atoms with Crippen molar-refractivity contribution in [2.45, 2.75) is 27.2 Å². The van der Waals surface area contributed by atoms with Gasteiger partial charge in [-0.2, -0.15) is 0 Å². The van der Waals surface area contributed by atoms with E-state index in [9.17, 15) is 9.59 Å². The first-order valence-electron chi connectivity index (χ1n) is 8.88. The second-order valence-corrected chi connectivity index (χ2v) is 6.70. The van der Waals surface area contributed by atoms with Crippen molar-refractivity contribution in [3.8, 4) is 5.75 Å². The number of nitrogens with one attached hydrogen (secondary N) is 1. The first-order valence-corrected chi connectivity index (χ1v) is 8.88. The van der Waals surface area contributed by atoms with Crippen LogP contribution >= 0.6 is 0 Å². The Bertz CT molecular complexity index is 794. The summed E-state index contributed by atoms with van der Waals surface area (Å²) in [6.07, 6.45) is 0.226. The van der Waals surface area contributed by atoms with Crippen molar-refractivity contribution in [3.05, 3.63) is 53.6 Å². The number of benzene rings is 2. The average Bonchev–Trinajstić information content (AvgIpc) is 2.97. The summed E-state index contributed by atoms with van der Waals surface area (Å²) >= 11 is 0. The van der Waals surface area contributed by atoms with E-state index in [4.69, 9.17) is 4.74 Å². The molecule has 2 amide bonds. The van der Waals surface area contributed by atoms with Crippen molar-refractivity contribution in [1.82, 2.24) is 0 Å². The Hall–Kier alpha value is -2.82.